The van der Waals surface area contributed by atoms with Crippen LogP contribution in [-0.2, 0) is 28.6 Å². The minimum atomic E-state index is -6.09. The maximum atomic E-state index is 12.1. The fourth-order valence-corrected chi connectivity index (χ4v) is 1.49. The third-order valence-electron chi connectivity index (χ3n) is 1.90. The van der Waals surface area contributed by atoms with E-state index < -0.39 is 33.0 Å². The zero-order valence-electron chi connectivity index (χ0n) is 9.70. The molecule has 0 aliphatic carbocycles. The Hall–Kier alpha value is -1.16. The molecule has 0 fully saturated rings. The predicted octanol–water partition coefficient (Wildman–Crippen LogP) is 0.763. The van der Waals surface area contributed by atoms with E-state index >= 15 is 0 Å². The molecule has 0 spiro atoms. The summed E-state index contributed by atoms with van der Waals surface area (Å²) in [6, 6.07) is 0. The molecule has 0 heterocycles. The van der Waals surface area contributed by atoms with Gasteiger partial charge in [-0.25, -0.2) is 8.98 Å². The van der Waals surface area contributed by atoms with Crippen LogP contribution in [0.5, 0.6) is 0 Å². The van der Waals surface area contributed by atoms with Gasteiger partial charge in [0.25, 0.3) is 0 Å². The lowest BCUT2D eigenvalue weighted by Gasteiger charge is -2.24. The summed E-state index contributed by atoms with van der Waals surface area (Å²) >= 11 is 0. The maximum Gasteiger partial charge on any atom is 0.523 e. The van der Waals surface area contributed by atoms with Crippen molar-refractivity contribution in [2.24, 2.45) is 0 Å². The van der Waals surface area contributed by atoms with Crippen molar-refractivity contribution in [1.29, 1.82) is 0 Å². The van der Waals surface area contributed by atoms with E-state index in [0.717, 1.165) is 0 Å². The van der Waals surface area contributed by atoms with Gasteiger partial charge in [0.05, 0.1) is 6.61 Å². The van der Waals surface area contributed by atoms with Crippen molar-refractivity contribution in [3.63, 3.8) is 0 Å². The van der Waals surface area contributed by atoms with Crippen molar-refractivity contribution in [3.05, 3.63) is 0 Å². The molecule has 0 amide bonds. The van der Waals surface area contributed by atoms with Crippen LogP contribution in [0.15, 0.2) is 0 Å². The van der Waals surface area contributed by atoms with Gasteiger partial charge in [0.15, 0.2) is 5.78 Å². The SMILES string of the molecule is CCOC(=O)C(C)(OS(=O)(=O)C(F)(F)F)C(C)=O. The molecule has 0 aromatic rings. The summed E-state index contributed by atoms with van der Waals surface area (Å²) in [5, 5.41) is 0. The number of ketones is 1. The van der Waals surface area contributed by atoms with E-state index in [4.69, 9.17) is 0 Å². The van der Waals surface area contributed by atoms with Crippen LogP contribution >= 0.6 is 0 Å². The minimum absolute atomic E-state index is 0.253. The summed E-state index contributed by atoms with van der Waals surface area (Å²) in [7, 11) is -6.09. The molecule has 106 valence electrons. The summed E-state index contributed by atoms with van der Waals surface area (Å²) in [4.78, 5) is 22.4. The van der Waals surface area contributed by atoms with Gasteiger partial charge in [-0.15, -0.1) is 0 Å². The Kier molecular flexibility index (Phi) is 4.89. The van der Waals surface area contributed by atoms with Crippen LogP contribution in [-0.4, -0.2) is 37.9 Å². The summed E-state index contributed by atoms with van der Waals surface area (Å²) in [5.74, 6) is -2.74. The molecule has 1 unspecified atom stereocenters. The molecule has 0 aromatic carbocycles. The first-order valence-corrected chi connectivity index (χ1v) is 5.99. The standard InChI is InChI=1S/C8H11F3O6S/c1-4-16-6(13)7(3,5(2)12)17-18(14,15)8(9,10)11/h4H2,1-3H3. The number of esters is 1. The van der Waals surface area contributed by atoms with E-state index in [1.807, 2.05) is 0 Å². The highest BCUT2D eigenvalue weighted by molar-refractivity contribution is 7.87. The Labute approximate surface area is 101 Å². The molecule has 6 nitrogen and oxygen atoms in total. The maximum absolute atomic E-state index is 12.1. The highest BCUT2D eigenvalue weighted by Crippen LogP contribution is 2.29. The molecule has 10 heteroatoms. The molecular formula is C8H11F3O6S. The molecule has 18 heavy (non-hydrogen) atoms. The largest absolute Gasteiger partial charge is 0.523 e. The fourth-order valence-electron chi connectivity index (χ4n) is 0.772. The number of hydrogen-bond donors (Lipinski definition) is 0. The zero-order valence-corrected chi connectivity index (χ0v) is 10.5. The minimum Gasteiger partial charge on any atom is -0.463 e. The Morgan fingerprint density at radius 1 is 1.22 bits per heavy atom. The molecule has 0 aliphatic heterocycles. The number of rotatable bonds is 5. The predicted molar refractivity (Wildman–Crippen MR) is 51.8 cm³/mol. The normalized spacial score (nSPS) is 15.9. The van der Waals surface area contributed by atoms with Crippen molar-refractivity contribution in [3.8, 4) is 0 Å². The van der Waals surface area contributed by atoms with Gasteiger partial charge < -0.3 is 4.74 Å². The number of carbonyl (C=O) groups excluding carboxylic acids is 2. The first kappa shape index (κ1) is 16.8. The van der Waals surface area contributed by atoms with Gasteiger partial charge in [0, 0.05) is 0 Å². The number of carbonyl (C=O) groups is 2. The van der Waals surface area contributed by atoms with Crippen molar-refractivity contribution in [2.45, 2.75) is 31.9 Å². The Balaban J connectivity index is 5.44. The van der Waals surface area contributed by atoms with Gasteiger partial charge in [-0.2, -0.15) is 21.6 Å². The quantitative estimate of drug-likeness (QED) is 0.322. The van der Waals surface area contributed by atoms with Gasteiger partial charge in [-0.1, -0.05) is 0 Å². The van der Waals surface area contributed by atoms with Gasteiger partial charge in [-0.05, 0) is 20.8 Å². The summed E-state index contributed by atoms with van der Waals surface area (Å²) in [5.41, 5.74) is -8.60. The van der Waals surface area contributed by atoms with Crippen LogP contribution in [0.4, 0.5) is 13.2 Å². The highest BCUT2D eigenvalue weighted by atomic mass is 32.2. The number of Topliss-reactive ketones (excluding diaryl/α,β-unsaturated/α-hetero) is 1. The number of alkyl halides is 3. The summed E-state index contributed by atoms with van der Waals surface area (Å²) < 4.78 is 65.8. The molecule has 0 N–H and O–H groups in total. The summed E-state index contributed by atoms with van der Waals surface area (Å²) in [6.07, 6.45) is 0. The zero-order chi connectivity index (χ0) is 14.8. The lowest BCUT2D eigenvalue weighted by atomic mass is 10.0. The van der Waals surface area contributed by atoms with E-state index in [2.05, 4.69) is 8.92 Å². The molecule has 0 aromatic heterocycles. The molecule has 0 bridgehead atoms. The highest BCUT2D eigenvalue weighted by Gasteiger charge is 2.55. The van der Waals surface area contributed by atoms with Crippen LogP contribution in [0.2, 0.25) is 0 Å². The number of ether oxygens (including phenoxy) is 1. The van der Waals surface area contributed by atoms with Crippen LogP contribution in [0.1, 0.15) is 20.8 Å². The lowest BCUT2D eigenvalue weighted by molar-refractivity contribution is -0.165. The lowest BCUT2D eigenvalue weighted by Crippen LogP contribution is -2.49. The first-order valence-electron chi connectivity index (χ1n) is 4.58. The molecule has 0 aliphatic rings. The van der Waals surface area contributed by atoms with Crippen molar-refractivity contribution in [2.75, 3.05) is 6.61 Å². The Bertz CT molecular complexity index is 440. The van der Waals surface area contributed by atoms with Gasteiger partial charge >= 0.3 is 21.6 Å². The topological polar surface area (TPSA) is 86.7 Å². The van der Waals surface area contributed by atoms with Crippen molar-refractivity contribution < 1.29 is 40.1 Å². The van der Waals surface area contributed by atoms with Crippen molar-refractivity contribution in [1.82, 2.24) is 0 Å². The molecule has 0 saturated carbocycles. The van der Waals surface area contributed by atoms with Crippen LogP contribution < -0.4 is 0 Å². The second kappa shape index (κ2) is 5.22. The van der Waals surface area contributed by atoms with E-state index in [1.165, 1.54) is 6.92 Å². The monoisotopic (exact) mass is 292 g/mol. The van der Waals surface area contributed by atoms with Crippen LogP contribution in [0.3, 0.4) is 0 Å². The average Bonchev–Trinajstić information content (AvgIpc) is 2.14. The second-order valence-corrected chi connectivity index (χ2v) is 4.83. The fraction of sp³-hybridized carbons (Fsp3) is 0.750. The van der Waals surface area contributed by atoms with Crippen LogP contribution in [0.25, 0.3) is 0 Å². The van der Waals surface area contributed by atoms with E-state index in [-0.39, 0.29) is 6.61 Å². The third kappa shape index (κ3) is 3.42. The smallest absolute Gasteiger partial charge is 0.463 e. The molecule has 0 rings (SSSR count). The van der Waals surface area contributed by atoms with Gasteiger partial charge in [0.1, 0.15) is 0 Å². The second-order valence-electron chi connectivity index (χ2n) is 3.29. The van der Waals surface area contributed by atoms with Gasteiger partial charge in [-0.3, -0.25) is 4.79 Å². The number of hydrogen-bond acceptors (Lipinski definition) is 6. The average molecular weight is 292 g/mol. The van der Waals surface area contributed by atoms with E-state index in [0.29, 0.717) is 13.8 Å². The Morgan fingerprint density at radius 3 is 1.94 bits per heavy atom. The van der Waals surface area contributed by atoms with Crippen molar-refractivity contribution >= 4 is 21.9 Å². The third-order valence-corrected chi connectivity index (χ3v) is 3.02. The Morgan fingerprint density at radius 2 is 1.67 bits per heavy atom. The van der Waals surface area contributed by atoms with Gasteiger partial charge in [0.2, 0.25) is 5.60 Å². The molecule has 0 radical (unpaired) electrons. The van der Waals surface area contributed by atoms with E-state index in [9.17, 15) is 31.2 Å². The van der Waals surface area contributed by atoms with E-state index in [1.54, 1.807) is 0 Å². The summed E-state index contributed by atoms with van der Waals surface area (Å²) in [6.45, 7) is 2.38. The number of halogens is 3. The molecular weight excluding hydrogens is 281 g/mol. The molecule has 1 atom stereocenters. The first-order chi connectivity index (χ1) is 7.88. The van der Waals surface area contributed by atoms with Crippen LogP contribution in [0, 0.1) is 0 Å². The molecule has 0 saturated heterocycles.